The van der Waals surface area contributed by atoms with E-state index in [-0.39, 0.29) is 0 Å². The zero-order valence-electron chi connectivity index (χ0n) is 14.5. The summed E-state index contributed by atoms with van der Waals surface area (Å²) in [6.45, 7) is 1.90. The van der Waals surface area contributed by atoms with Crippen LogP contribution < -0.4 is 14.8 Å². The van der Waals surface area contributed by atoms with E-state index in [0.29, 0.717) is 18.3 Å². The summed E-state index contributed by atoms with van der Waals surface area (Å²) >= 11 is 5.79. The number of pyridine rings is 2. The molecule has 0 radical (unpaired) electrons. The lowest BCUT2D eigenvalue weighted by Crippen LogP contribution is -2.13. The second-order valence-electron chi connectivity index (χ2n) is 5.71. The van der Waals surface area contributed by atoms with Crippen molar-refractivity contribution in [2.75, 3.05) is 7.11 Å². The number of benzene rings is 1. The summed E-state index contributed by atoms with van der Waals surface area (Å²) in [4.78, 5) is 8.07. The van der Waals surface area contributed by atoms with Gasteiger partial charge in [0.25, 0.3) is 0 Å². The molecule has 0 amide bonds. The Morgan fingerprint density at radius 1 is 1.00 bits per heavy atom. The quantitative estimate of drug-likeness (QED) is 0.608. The molecule has 134 valence electrons. The summed E-state index contributed by atoms with van der Waals surface area (Å²) in [6.07, 6.45) is 5.29. The van der Waals surface area contributed by atoms with Gasteiger partial charge in [-0.3, -0.25) is 4.98 Å². The number of aromatic nitrogens is 2. The first-order valence-corrected chi connectivity index (χ1v) is 8.62. The Hall–Kier alpha value is -2.63. The van der Waals surface area contributed by atoms with Crippen molar-refractivity contribution in [3.8, 4) is 11.5 Å². The molecule has 1 aromatic carbocycles. The zero-order valence-corrected chi connectivity index (χ0v) is 15.2. The van der Waals surface area contributed by atoms with Crippen LogP contribution >= 0.6 is 11.6 Å². The summed E-state index contributed by atoms with van der Waals surface area (Å²) in [5.74, 6) is 1.54. The van der Waals surface area contributed by atoms with Crippen LogP contribution in [0.25, 0.3) is 0 Å². The maximum atomic E-state index is 5.81. The molecule has 0 aliphatic rings. The molecule has 0 unspecified atom stereocenters. The van der Waals surface area contributed by atoms with Crippen molar-refractivity contribution in [3.63, 3.8) is 0 Å². The van der Waals surface area contributed by atoms with E-state index in [9.17, 15) is 0 Å². The Bertz CT molecular complexity index is 826. The molecule has 0 aliphatic carbocycles. The van der Waals surface area contributed by atoms with Crippen LogP contribution in [0.15, 0.2) is 61.1 Å². The number of halogens is 1. The minimum atomic E-state index is 0.424. The monoisotopic (exact) mass is 369 g/mol. The molecule has 3 rings (SSSR count). The van der Waals surface area contributed by atoms with Crippen LogP contribution in [0.2, 0.25) is 5.15 Å². The van der Waals surface area contributed by atoms with Gasteiger partial charge in [0.15, 0.2) is 0 Å². The van der Waals surface area contributed by atoms with Gasteiger partial charge in [-0.15, -0.1) is 0 Å². The minimum absolute atomic E-state index is 0.424. The van der Waals surface area contributed by atoms with E-state index in [4.69, 9.17) is 21.1 Å². The lowest BCUT2D eigenvalue weighted by Gasteiger charge is -2.13. The SMILES string of the molecule is COc1cc(OCc2ccc(Cl)nc2)ccc1CNCc1ccncc1. The molecule has 3 aromatic rings. The van der Waals surface area contributed by atoms with Crippen LogP contribution in [0, 0.1) is 0 Å². The van der Waals surface area contributed by atoms with Gasteiger partial charge in [0.1, 0.15) is 23.3 Å². The molecule has 0 bridgehead atoms. The molecule has 0 fully saturated rings. The van der Waals surface area contributed by atoms with E-state index in [1.165, 1.54) is 5.56 Å². The highest BCUT2D eigenvalue weighted by molar-refractivity contribution is 6.29. The first-order chi connectivity index (χ1) is 12.7. The Morgan fingerprint density at radius 2 is 1.85 bits per heavy atom. The van der Waals surface area contributed by atoms with Crippen molar-refractivity contribution < 1.29 is 9.47 Å². The Labute approximate surface area is 158 Å². The molecule has 0 saturated heterocycles. The van der Waals surface area contributed by atoms with Crippen molar-refractivity contribution in [1.82, 2.24) is 15.3 Å². The first kappa shape index (κ1) is 18.2. The van der Waals surface area contributed by atoms with Crippen LogP contribution in [-0.2, 0) is 19.7 Å². The fourth-order valence-electron chi connectivity index (χ4n) is 2.46. The van der Waals surface area contributed by atoms with Crippen molar-refractivity contribution in [2.45, 2.75) is 19.7 Å². The smallest absolute Gasteiger partial charge is 0.129 e. The number of hydrogen-bond acceptors (Lipinski definition) is 5. The van der Waals surface area contributed by atoms with Gasteiger partial charge < -0.3 is 14.8 Å². The summed E-state index contributed by atoms with van der Waals surface area (Å²) in [6, 6.07) is 13.5. The highest BCUT2D eigenvalue weighted by Crippen LogP contribution is 2.25. The molecule has 6 heteroatoms. The van der Waals surface area contributed by atoms with Crippen molar-refractivity contribution in [2.24, 2.45) is 0 Å². The van der Waals surface area contributed by atoms with Crippen LogP contribution in [0.1, 0.15) is 16.7 Å². The minimum Gasteiger partial charge on any atom is -0.496 e. The van der Waals surface area contributed by atoms with Crippen molar-refractivity contribution >= 4 is 11.6 Å². The molecular weight excluding hydrogens is 350 g/mol. The van der Waals surface area contributed by atoms with Gasteiger partial charge in [-0.2, -0.15) is 0 Å². The molecule has 0 atom stereocenters. The average molecular weight is 370 g/mol. The van der Waals surface area contributed by atoms with Gasteiger partial charge >= 0.3 is 0 Å². The topological polar surface area (TPSA) is 56.3 Å². The second-order valence-corrected chi connectivity index (χ2v) is 6.10. The maximum absolute atomic E-state index is 5.81. The molecule has 0 spiro atoms. The third-order valence-corrected chi connectivity index (χ3v) is 4.07. The van der Waals surface area contributed by atoms with E-state index >= 15 is 0 Å². The van der Waals surface area contributed by atoms with Gasteiger partial charge in [0.2, 0.25) is 0 Å². The number of rotatable bonds is 8. The van der Waals surface area contributed by atoms with Gasteiger partial charge in [-0.25, -0.2) is 4.98 Å². The lowest BCUT2D eigenvalue weighted by molar-refractivity contribution is 0.303. The van der Waals surface area contributed by atoms with E-state index in [2.05, 4.69) is 15.3 Å². The molecule has 0 aliphatic heterocycles. The second kappa shape index (κ2) is 9.17. The van der Waals surface area contributed by atoms with E-state index < -0.39 is 0 Å². The molecule has 5 nitrogen and oxygen atoms in total. The predicted octanol–water partition coefficient (Wildman–Crippen LogP) is 4.01. The largest absolute Gasteiger partial charge is 0.496 e. The Balaban J connectivity index is 1.57. The third kappa shape index (κ3) is 5.18. The molecule has 1 N–H and O–H groups in total. The fraction of sp³-hybridized carbons (Fsp3) is 0.200. The van der Waals surface area contributed by atoms with Crippen LogP contribution in [0.5, 0.6) is 11.5 Å². The van der Waals surface area contributed by atoms with E-state index in [1.807, 2.05) is 36.4 Å². The first-order valence-electron chi connectivity index (χ1n) is 8.24. The molecular formula is C20H20ClN3O2. The number of nitrogens with one attached hydrogen (secondary N) is 1. The third-order valence-electron chi connectivity index (χ3n) is 3.85. The number of nitrogens with zero attached hydrogens (tertiary/aromatic N) is 2. The number of methoxy groups -OCH3 is 1. The predicted molar refractivity (Wildman–Crippen MR) is 101 cm³/mol. The Kier molecular flexibility index (Phi) is 6.41. The summed E-state index contributed by atoms with van der Waals surface area (Å²) in [5.41, 5.74) is 3.22. The molecule has 0 saturated carbocycles. The fourth-order valence-corrected chi connectivity index (χ4v) is 2.57. The van der Waals surface area contributed by atoms with Crippen LogP contribution in [0.4, 0.5) is 0 Å². The zero-order chi connectivity index (χ0) is 18.2. The van der Waals surface area contributed by atoms with E-state index in [0.717, 1.165) is 29.2 Å². The molecule has 2 heterocycles. The average Bonchev–Trinajstić information content (AvgIpc) is 2.69. The van der Waals surface area contributed by atoms with Gasteiger partial charge in [-0.1, -0.05) is 23.7 Å². The van der Waals surface area contributed by atoms with Gasteiger partial charge in [0.05, 0.1) is 7.11 Å². The molecule has 26 heavy (non-hydrogen) atoms. The highest BCUT2D eigenvalue weighted by atomic mass is 35.5. The highest BCUT2D eigenvalue weighted by Gasteiger charge is 2.06. The maximum Gasteiger partial charge on any atom is 0.129 e. The molecule has 2 aromatic heterocycles. The lowest BCUT2D eigenvalue weighted by atomic mass is 10.2. The normalized spacial score (nSPS) is 10.5. The summed E-state index contributed by atoms with van der Waals surface area (Å²) in [7, 11) is 1.66. The van der Waals surface area contributed by atoms with Crippen molar-refractivity contribution in [1.29, 1.82) is 0 Å². The number of ether oxygens (including phenoxy) is 2. The van der Waals surface area contributed by atoms with Gasteiger partial charge in [-0.05, 0) is 29.8 Å². The summed E-state index contributed by atoms with van der Waals surface area (Å²) in [5, 5.41) is 3.88. The van der Waals surface area contributed by atoms with Crippen LogP contribution in [-0.4, -0.2) is 17.1 Å². The van der Waals surface area contributed by atoms with Gasteiger partial charge in [0, 0.05) is 48.9 Å². The van der Waals surface area contributed by atoms with Crippen LogP contribution in [0.3, 0.4) is 0 Å². The van der Waals surface area contributed by atoms with E-state index in [1.54, 1.807) is 31.8 Å². The Morgan fingerprint density at radius 3 is 2.58 bits per heavy atom. The van der Waals surface area contributed by atoms with Crippen molar-refractivity contribution in [3.05, 3.63) is 82.9 Å². The standard InChI is InChI=1S/C20H20ClN3O2/c1-25-19-10-18(26-14-16-2-5-20(21)24-12-16)4-3-17(19)13-23-11-15-6-8-22-9-7-15/h2-10,12,23H,11,13-14H2,1H3. The summed E-state index contributed by atoms with van der Waals surface area (Å²) < 4.78 is 11.3. The number of hydrogen-bond donors (Lipinski definition) is 1.